The molecule has 9 nitrogen and oxygen atoms in total. The summed E-state index contributed by atoms with van der Waals surface area (Å²) in [6.07, 6.45) is 0. The minimum atomic E-state index is -0.291. The number of aromatic nitrogens is 2. The number of benzene rings is 2. The number of anilines is 1. The van der Waals surface area contributed by atoms with Gasteiger partial charge in [0.2, 0.25) is 5.96 Å². The molecule has 1 amide bonds. The molecule has 0 spiro atoms. The van der Waals surface area contributed by atoms with Gasteiger partial charge in [0.05, 0.1) is 19.3 Å². The Bertz CT molecular complexity index is 1180. The smallest absolute Gasteiger partial charge is 0.257 e. The second-order valence-corrected chi connectivity index (χ2v) is 7.60. The number of nitrogens with one attached hydrogen (secondary N) is 2. The number of amides is 1. The monoisotopic (exact) mass is 449 g/mol. The third-order valence-electron chi connectivity index (χ3n) is 5.44. The van der Waals surface area contributed by atoms with Gasteiger partial charge in [0, 0.05) is 35.6 Å². The number of rotatable bonds is 5. The maximum Gasteiger partial charge on any atom is 0.257 e. The molecule has 0 fully saturated rings. The van der Waals surface area contributed by atoms with Crippen LogP contribution in [0.5, 0.6) is 17.2 Å². The lowest BCUT2D eigenvalue weighted by atomic mass is 10.2. The Labute approximate surface area is 192 Å². The van der Waals surface area contributed by atoms with Crippen LogP contribution < -0.4 is 24.8 Å². The van der Waals surface area contributed by atoms with Gasteiger partial charge < -0.3 is 19.5 Å². The highest BCUT2D eigenvalue weighted by Crippen LogP contribution is 2.32. The zero-order valence-corrected chi connectivity index (χ0v) is 19.1. The number of hydrogen-bond donors (Lipinski definition) is 2. The fourth-order valence-corrected chi connectivity index (χ4v) is 3.49. The highest BCUT2D eigenvalue weighted by Gasteiger charge is 2.15. The molecule has 0 atom stereocenters. The SMILES string of the molecule is COc1ccc(C(=O)NC(=NCc2c(C)nn(C)c2C)Nc2ccc3c(c2)OCCO3)cc1. The predicted molar refractivity (Wildman–Crippen MR) is 125 cm³/mol. The van der Waals surface area contributed by atoms with Crippen molar-refractivity contribution < 1.29 is 19.0 Å². The van der Waals surface area contributed by atoms with E-state index in [2.05, 4.69) is 20.7 Å². The second kappa shape index (κ2) is 9.64. The molecule has 0 bridgehead atoms. The van der Waals surface area contributed by atoms with Gasteiger partial charge in [0.25, 0.3) is 5.91 Å². The van der Waals surface area contributed by atoms with Crippen LogP contribution in [0.3, 0.4) is 0 Å². The number of methoxy groups -OCH3 is 1. The summed E-state index contributed by atoms with van der Waals surface area (Å²) in [4.78, 5) is 17.6. The number of carbonyl (C=O) groups is 1. The molecule has 0 unspecified atom stereocenters. The van der Waals surface area contributed by atoms with E-state index >= 15 is 0 Å². The number of aliphatic imine (C=N–C) groups is 1. The zero-order valence-electron chi connectivity index (χ0n) is 19.1. The highest BCUT2D eigenvalue weighted by atomic mass is 16.6. The molecule has 0 saturated carbocycles. The standard InChI is InChI=1S/C24H27N5O4/c1-15-20(16(2)29(3)28-15)14-25-24(27-23(30)17-5-8-19(31-4)9-6-17)26-18-7-10-21-22(13-18)33-12-11-32-21/h5-10,13H,11-12,14H2,1-4H3,(H2,25,26,27,30). The minimum Gasteiger partial charge on any atom is -0.497 e. The van der Waals surface area contributed by atoms with Crippen molar-refractivity contribution in [2.75, 3.05) is 25.6 Å². The summed E-state index contributed by atoms with van der Waals surface area (Å²) in [5.41, 5.74) is 4.14. The van der Waals surface area contributed by atoms with Crippen LogP contribution in [-0.2, 0) is 13.6 Å². The number of aryl methyl sites for hydroxylation is 2. The first-order chi connectivity index (χ1) is 15.9. The fourth-order valence-electron chi connectivity index (χ4n) is 3.49. The first-order valence-corrected chi connectivity index (χ1v) is 10.6. The Hall–Kier alpha value is -4.01. The lowest BCUT2D eigenvalue weighted by Gasteiger charge is -2.19. The van der Waals surface area contributed by atoms with Gasteiger partial charge in [0.15, 0.2) is 11.5 Å². The lowest BCUT2D eigenvalue weighted by molar-refractivity contribution is 0.0977. The van der Waals surface area contributed by atoms with Crippen molar-refractivity contribution in [3.63, 3.8) is 0 Å². The van der Waals surface area contributed by atoms with E-state index in [0.29, 0.717) is 54.2 Å². The van der Waals surface area contributed by atoms with Crippen LogP contribution in [0, 0.1) is 13.8 Å². The molecular weight excluding hydrogens is 422 g/mol. The Morgan fingerprint density at radius 3 is 2.52 bits per heavy atom. The number of fused-ring (bicyclic) bond motifs is 1. The van der Waals surface area contributed by atoms with E-state index in [1.807, 2.05) is 43.8 Å². The molecule has 9 heteroatoms. The van der Waals surface area contributed by atoms with Crippen LogP contribution in [0.15, 0.2) is 47.5 Å². The van der Waals surface area contributed by atoms with E-state index in [1.54, 1.807) is 31.4 Å². The van der Waals surface area contributed by atoms with Gasteiger partial charge in [-0.15, -0.1) is 0 Å². The van der Waals surface area contributed by atoms with Gasteiger partial charge in [-0.25, -0.2) is 4.99 Å². The van der Waals surface area contributed by atoms with Crippen LogP contribution in [0.2, 0.25) is 0 Å². The molecule has 33 heavy (non-hydrogen) atoms. The third kappa shape index (κ3) is 5.08. The molecule has 0 radical (unpaired) electrons. The molecule has 1 aliphatic heterocycles. The Morgan fingerprint density at radius 2 is 1.85 bits per heavy atom. The van der Waals surface area contributed by atoms with Crippen LogP contribution in [0.4, 0.5) is 5.69 Å². The van der Waals surface area contributed by atoms with Crippen molar-refractivity contribution in [2.24, 2.45) is 12.0 Å². The first kappa shape index (κ1) is 22.2. The molecule has 1 aliphatic rings. The summed E-state index contributed by atoms with van der Waals surface area (Å²) in [5.74, 6) is 2.04. The van der Waals surface area contributed by atoms with Crippen molar-refractivity contribution in [2.45, 2.75) is 20.4 Å². The Balaban J connectivity index is 1.58. The molecule has 1 aromatic heterocycles. The maximum atomic E-state index is 12.9. The Kier molecular flexibility index (Phi) is 6.48. The fraction of sp³-hybridized carbons (Fsp3) is 0.292. The second-order valence-electron chi connectivity index (χ2n) is 7.60. The first-order valence-electron chi connectivity index (χ1n) is 10.6. The molecule has 4 rings (SSSR count). The van der Waals surface area contributed by atoms with Gasteiger partial charge in [-0.05, 0) is 50.2 Å². The van der Waals surface area contributed by atoms with Gasteiger partial charge in [0.1, 0.15) is 19.0 Å². The van der Waals surface area contributed by atoms with Crippen molar-refractivity contribution >= 4 is 17.6 Å². The minimum absolute atomic E-state index is 0.291. The Morgan fingerprint density at radius 1 is 1.12 bits per heavy atom. The number of ether oxygens (including phenoxy) is 3. The number of hydrogen-bond acceptors (Lipinski definition) is 6. The van der Waals surface area contributed by atoms with Gasteiger partial charge in [-0.3, -0.25) is 14.8 Å². The molecule has 172 valence electrons. The van der Waals surface area contributed by atoms with Crippen LogP contribution in [0.25, 0.3) is 0 Å². The average Bonchev–Trinajstić information content (AvgIpc) is 3.07. The topological polar surface area (TPSA) is 99.0 Å². The van der Waals surface area contributed by atoms with Crippen molar-refractivity contribution in [3.05, 3.63) is 65.0 Å². The summed E-state index contributed by atoms with van der Waals surface area (Å²) in [6.45, 7) is 5.32. The molecule has 2 N–H and O–H groups in total. The van der Waals surface area contributed by atoms with E-state index in [-0.39, 0.29) is 5.91 Å². The van der Waals surface area contributed by atoms with Crippen molar-refractivity contribution in [3.8, 4) is 17.2 Å². The largest absolute Gasteiger partial charge is 0.497 e. The van der Waals surface area contributed by atoms with Crippen LogP contribution in [-0.4, -0.2) is 42.0 Å². The number of nitrogens with zero attached hydrogens (tertiary/aromatic N) is 3. The van der Waals surface area contributed by atoms with Gasteiger partial charge in [-0.2, -0.15) is 5.10 Å². The van der Waals surface area contributed by atoms with E-state index in [4.69, 9.17) is 14.2 Å². The third-order valence-corrected chi connectivity index (χ3v) is 5.44. The van der Waals surface area contributed by atoms with E-state index in [1.165, 1.54) is 0 Å². The van der Waals surface area contributed by atoms with E-state index in [9.17, 15) is 4.79 Å². The number of carbonyl (C=O) groups excluding carboxylic acids is 1. The molecule has 2 heterocycles. The predicted octanol–water partition coefficient (Wildman–Crippen LogP) is 3.21. The normalized spacial score (nSPS) is 12.9. The molecular formula is C24H27N5O4. The molecule has 2 aromatic carbocycles. The molecule has 0 saturated heterocycles. The highest BCUT2D eigenvalue weighted by molar-refractivity contribution is 6.10. The van der Waals surface area contributed by atoms with E-state index < -0.39 is 0 Å². The summed E-state index contributed by atoms with van der Waals surface area (Å²) in [7, 11) is 3.48. The average molecular weight is 450 g/mol. The van der Waals surface area contributed by atoms with Crippen LogP contribution in [0.1, 0.15) is 27.3 Å². The lowest BCUT2D eigenvalue weighted by Crippen LogP contribution is -2.36. The van der Waals surface area contributed by atoms with Crippen molar-refractivity contribution in [1.29, 1.82) is 0 Å². The number of guanidine groups is 1. The van der Waals surface area contributed by atoms with Gasteiger partial charge in [-0.1, -0.05) is 0 Å². The summed E-state index contributed by atoms with van der Waals surface area (Å²) >= 11 is 0. The van der Waals surface area contributed by atoms with Gasteiger partial charge >= 0.3 is 0 Å². The van der Waals surface area contributed by atoms with Crippen LogP contribution >= 0.6 is 0 Å². The summed E-state index contributed by atoms with van der Waals surface area (Å²) in [5, 5.41) is 10.5. The zero-order chi connectivity index (χ0) is 23.4. The summed E-state index contributed by atoms with van der Waals surface area (Å²) in [6, 6.07) is 12.4. The summed E-state index contributed by atoms with van der Waals surface area (Å²) < 4.78 is 18.2. The molecule has 3 aromatic rings. The quantitative estimate of drug-likeness (QED) is 0.458. The van der Waals surface area contributed by atoms with E-state index in [0.717, 1.165) is 17.0 Å². The maximum absolute atomic E-state index is 12.9. The molecule has 0 aliphatic carbocycles. The van der Waals surface area contributed by atoms with Crippen molar-refractivity contribution in [1.82, 2.24) is 15.1 Å².